The van der Waals surface area contributed by atoms with E-state index in [0.717, 1.165) is 15.9 Å². The molecule has 0 spiro atoms. The molecule has 0 bridgehead atoms. The summed E-state index contributed by atoms with van der Waals surface area (Å²) in [5.74, 6) is -1.12. The quantitative estimate of drug-likeness (QED) is 0.276. The van der Waals surface area contributed by atoms with Crippen LogP contribution in [0.1, 0.15) is 46.1 Å². The predicted octanol–water partition coefficient (Wildman–Crippen LogP) is 4.81. The molecule has 6 nitrogen and oxygen atoms in total. The van der Waals surface area contributed by atoms with E-state index in [9.17, 15) is 13.2 Å². The van der Waals surface area contributed by atoms with Crippen molar-refractivity contribution < 1.29 is 22.4 Å². The zero-order chi connectivity index (χ0) is 29.0. The molecular weight excluding hydrogens is 539 g/mol. The van der Waals surface area contributed by atoms with Crippen molar-refractivity contribution in [2.24, 2.45) is 11.8 Å². The van der Waals surface area contributed by atoms with E-state index in [4.69, 9.17) is 9.16 Å². The average Bonchev–Trinajstić information content (AvgIpc) is 3.31. The lowest BCUT2D eigenvalue weighted by Crippen LogP contribution is -2.67. The number of hydrogen-bond acceptors (Lipinski definition) is 5. The molecule has 1 saturated carbocycles. The second-order valence-electron chi connectivity index (χ2n) is 11.6. The van der Waals surface area contributed by atoms with Gasteiger partial charge in [-0.25, -0.2) is 13.1 Å². The van der Waals surface area contributed by atoms with Crippen molar-refractivity contribution in [1.29, 1.82) is 0 Å². The van der Waals surface area contributed by atoms with Crippen LogP contribution in [0.25, 0.3) is 0 Å². The van der Waals surface area contributed by atoms with Crippen LogP contribution in [0, 0.1) is 18.8 Å². The largest absolute Gasteiger partial charge is 0.466 e. The van der Waals surface area contributed by atoms with Gasteiger partial charge in [-0.05, 0) is 54.2 Å². The van der Waals surface area contributed by atoms with E-state index in [1.807, 2.05) is 43.3 Å². The van der Waals surface area contributed by atoms with Crippen LogP contribution in [0.2, 0.25) is 5.04 Å². The summed E-state index contributed by atoms with van der Waals surface area (Å²) in [5, 5.41) is 2.03. The summed E-state index contributed by atoms with van der Waals surface area (Å²) in [6.45, 7) is 10.8. The zero-order valence-electron chi connectivity index (χ0n) is 24.1. The van der Waals surface area contributed by atoms with Crippen LogP contribution in [-0.2, 0) is 24.0 Å². The van der Waals surface area contributed by atoms with Crippen LogP contribution in [-0.4, -0.2) is 42.0 Å². The first-order chi connectivity index (χ1) is 19.0. The molecule has 3 aromatic carbocycles. The van der Waals surface area contributed by atoms with Gasteiger partial charge in [-0.2, -0.15) is 0 Å². The molecule has 3 unspecified atom stereocenters. The van der Waals surface area contributed by atoms with Crippen LogP contribution < -0.4 is 15.1 Å². The minimum absolute atomic E-state index is 0.212. The Balaban J connectivity index is 1.72. The first kappa shape index (κ1) is 30.2. The molecule has 40 heavy (non-hydrogen) atoms. The number of sulfonamides is 1. The van der Waals surface area contributed by atoms with Gasteiger partial charge in [-0.15, -0.1) is 0 Å². The molecule has 8 heteroatoms. The summed E-state index contributed by atoms with van der Waals surface area (Å²) in [6.07, 6.45) is 1.07. The maximum Gasteiger partial charge on any atom is 0.309 e. The molecular formula is C32H41NO5SSi. The molecule has 0 saturated heterocycles. The highest BCUT2D eigenvalue weighted by molar-refractivity contribution is 7.89. The Morgan fingerprint density at radius 3 is 1.95 bits per heavy atom. The Morgan fingerprint density at radius 1 is 0.900 bits per heavy atom. The van der Waals surface area contributed by atoms with Crippen LogP contribution in [0.5, 0.6) is 0 Å². The third-order valence-electron chi connectivity index (χ3n) is 7.96. The van der Waals surface area contributed by atoms with Crippen LogP contribution in [0.3, 0.4) is 0 Å². The topological polar surface area (TPSA) is 81.7 Å². The molecule has 3 atom stereocenters. The monoisotopic (exact) mass is 579 g/mol. The molecule has 0 aliphatic heterocycles. The number of carbonyl (C=O) groups excluding carboxylic acids is 1. The SMILES string of the molecule is CCOC(=O)C1CCC(NS(=O)(=O)c2ccc(C)cc2)C1CO[Si](c1ccccc1)(c1ccccc1)C(C)(C)C. The summed E-state index contributed by atoms with van der Waals surface area (Å²) >= 11 is 0. The Kier molecular flexibility index (Phi) is 9.35. The van der Waals surface area contributed by atoms with Crippen molar-refractivity contribution in [1.82, 2.24) is 4.72 Å². The Hall–Kier alpha value is -2.78. The van der Waals surface area contributed by atoms with Crippen molar-refractivity contribution in [2.45, 2.75) is 63.4 Å². The number of aryl methyl sites for hydroxylation is 1. The number of nitrogens with one attached hydrogen (secondary N) is 1. The van der Waals surface area contributed by atoms with Gasteiger partial charge in [0, 0.05) is 18.6 Å². The van der Waals surface area contributed by atoms with Gasteiger partial charge in [0.15, 0.2) is 0 Å². The summed E-state index contributed by atoms with van der Waals surface area (Å²) in [5.41, 5.74) is 0.985. The Labute approximate surface area is 240 Å². The van der Waals surface area contributed by atoms with E-state index >= 15 is 0 Å². The highest BCUT2D eigenvalue weighted by atomic mass is 32.2. The lowest BCUT2D eigenvalue weighted by Gasteiger charge is -2.44. The standard InChI is InChI=1S/C32H41NO5SSi/c1-6-37-31(34)28-21-22-30(33-39(35,36)25-19-17-24(2)18-20-25)29(28)23-38-40(32(3,4)5,26-13-9-7-10-14-26)27-15-11-8-12-16-27/h7-20,28-30,33H,6,21-23H2,1-5H3. The lowest BCUT2D eigenvalue weighted by molar-refractivity contribution is -0.149. The molecule has 4 rings (SSSR count). The lowest BCUT2D eigenvalue weighted by atomic mass is 9.95. The van der Waals surface area contributed by atoms with Crippen molar-refractivity contribution in [2.75, 3.05) is 13.2 Å². The predicted molar refractivity (Wildman–Crippen MR) is 162 cm³/mol. The normalized spacial score (nSPS) is 19.9. The molecule has 1 aliphatic carbocycles. The fourth-order valence-electron chi connectivity index (χ4n) is 5.96. The molecule has 0 heterocycles. The molecule has 0 aromatic heterocycles. The van der Waals surface area contributed by atoms with Crippen LogP contribution in [0.15, 0.2) is 89.8 Å². The second kappa shape index (κ2) is 12.4. The van der Waals surface area contributed by atoms with Gasteiger partial charge in [0.1, 0.15) is 0 Å². The van der Waals surface area contributed by atoms with Gasteiger partial charge in [0.25, 0.3) is 8.32 Å². The van der Waals surface area contributed by atoms with Crippen molar-refractivity contribution in [3.8, 4) is 0 Å². The van der Waals surface area contributed by atoms with Crippen molar-refractivity contribution in [3.05, 3.63) is 90.5 Å². The Morgan fingerprint density at radius 2 is 1.45 bits per heavy atom. The number of carbonyl (C=O) groups is 1. The van der Waals surface area contributed by atoms with Gasteiger partial charge in [0.2, 0.25) is 10.0 Å². The smallest absolute Gasteiger partial charge is 0.309 e. The number of benzene rings is 3. The van der Waals surface area contributed by atoms with E-state index < -0.39 is 30.3 Å². The zero-order valence-corrected chi connectivity index (χ0v) is 25.9. The molecule has 0 amide bonds. The number of rotatable bonds is 10. The summed E-state index contributed by atoms with van der Waals surface area (Å²) in [7, 11) is -6.68. The average molecular weight is 580 g/mol. The molecule has 3 aromatic rings. The Bertz CT molecular complexity index is 1330. The maximum absolute atomic E-state index is 13.4. The van der Waals surface area contributed by atoms with Gasteiger partial charge >= 0.3 is 5.97 Å². The minimum atomic E-state index is -3.79. The number of hydrogen-bond donors (Lipinski definition) is 1. The van der Waals surface area contributed by atoms with Crippen LogP contribution >= 0.6 is 0 Å². The van der Waals surface area contributed by atoms with Crippen molar-refractivity contribution >= 4 is 34.7 Å². The van der Waals surface area contributed by atoms with E-state index in [1.165, 1.54) is 0 Å². The molecule has 0 radical (unpaired) electrons. The highest BCUT2D eigenvalue weighted by Crippen LogP contribution is 2.40. The number of ether oxygens (including phenoxy) is 1. The fourth-order valence-corrected chi connectivity index (χ4v) is 11.9. The van der Waals surface area contributed by atoms with E-state index in [-0.39, 0.29) is 35.0 Å². The minimum Gasteiger partial charge on any atom is -0.466 e. The first-order valence-electron chi connectivity index (χ1n) is 14.0. The van der Waals surface area contributed by atoms with Gasteiger partial charge < -0.3 is 9.16 Å². The van der Waals surface area contributed by atoms with Gasteiger partial charge in [-0.1, -0.05) is 99.1 Å². The summed E-state index contributed by atoms with van der Waals surface area (Å²) in [6, 6.07) is 27.0. The van der Waals surface area contributed by atoms with Crippen LogP contribution in [0.4, 0.5) is 0 Å². The molecule has 1 N–H and O–H groups in total. The summed E-state index contributed by atoms with van der Waals surface area (Å²) in [4.78, 5) is 13.3. The maximum atomic E-state index is 13.4. The first-order valence-corrected chi connectivity index (χ1v) is 17.4. The second-order valence-corrected chi connectivity index (χ2v) is 17.6. The highest BCUT2D eigenvalue weighted by Gasteiger charge is 2.52. The van der Waals surface area contributed by atoms with E-state index in [0.29, 0.717) is 12.8 Å². The third kappa shape index (κ3) is 6.25. The molecule has 1 fully saturated rings. The van der Waals surface area contributed by atoms with E-state index in [2.05, 4.69) is 49.8 Å². The van der Waals surface area contributed by atoms with Crippen molar-refractivity contribution in [3.63, 3.8) is 0 Å². The van der Waals surface area contributed by atoms with Gasteiger partial charge in [0.05, 0.1) is 17.4 Å². The van der Waals surface area contributed by atoms with E-state index in [1.54, 1.807) is 31.2 Å². The third-order valence-corrected chi connectivity index (χ3v) is 14.5. The molecule has 1 aliphatic rings. The molecule has 214 valence electrons. The summed E-state index contributed by atoms with van der Waals surface area (Å²) < 4.78 is 42.3. The van der Waals surface area contributed by atoms with Gasteiger partial charge in [-0.3, -0.25) is 4.79 Å². The number of esters is 1. The fraction of sp³-hybridized carbons (Fsp3) is 0.406.